The van der Waals surface area contributed by atoms with Crippen LogP contribution in [0.25, 0.3) is 0 Å². The Morgan fingerprint density at radius 1 is 1.18 bits per heavy atom. The lowest BCUT2D eigenvalue weighted by molar-refractivity contribution is 0.315. The number of rotatable bonds is 6. The summed E-state index contributed by atoms with van der Waals surface area (Å²) in [5.74, 6) is 0.732. The van der Waals surface area contributed by atoms with Crippen molar-refractivity contribution in [2.75, 3.05) is 11.9 Å². The number of halogens is 3. The summed E-state index contributed by atoms with van der Waals surface area (Å²) in [5, 5.41) is 13.2. The third-order valence-electron chi connectivity index (χ3n) is 2.97. The molecule has 0 spiro atoms. The van der Waals surface area contributed by atoms with Crippen molar-refractivity contribution in [2.24, 2.45) is 0 Å². The fraction of sp³-hybridized carbons (Fsp3) is 0.250. The smallest absolute Gasteiger partial charge is 0.152 e. The molecule has 0 saturated heterocycles. The van der Waals surface area contributed by atoms with Gasteiger partial charge in [-0.1, -0.05) is 36.2 Å². The van der Waals surface area contributed by atoms with Crippen LogP contribution in [-0.2, 0) is 6.54 Å². The van der Waals surface area contributed by atoms with Crippen LogP contribution in [-0.4, -0.2) is 11.7 Å². The van der Waals surface area contributed by atoms with Gasteiger partial charge in [0.1, 0.15) is 5.75 Å². The van der Waals surface area contributed by atoms with E-state index < -0.39 is 0 Å². The van der Waals surface area contributed by atoms with Gasteiger partial charge in [0.25, 0.3) is 0 Å². The van der Waals surface area contributed by atoms with Gasteiger partial charge in [-0.05, 0) is 52.2 Å². The largest absolute Gasteiger partial charge is 0.505 e. The molecule has 0 amide bonds. The van der Waals surface area contributed by atoms with Crippen molar-refractivity contribution in [3.63, 3.8) is 0 Å². The summed E-state index contributed by atoms with van der Waals surface area (Å²) in [5.41, 5.74) is 1.83. The number of aromatic hydroxyl groups is 1. The average Bonchev–Trinajstić information content (AvgIpc) is 2.49. The van der Waals surface area contributed by atoms with E-state index in [1.165, 1.54) is 0 Å². The maximum absolute atomic E-state index is 9.54. The fourth-order valence-electron chi connectivity index (χ4n) is 1.86. The Morgan fingerprint density at radius 2 is 1.86 bits per heavy atom. The first kappa shape index (κ1) is 17.3. The topological polar surface area (TPSA) is 41.5 Å². The van der Waals surface area contributed by atoms with Crippen molar-refractivity contribution >= 4 is 44.8 Å². The Labute approximate surface area is 148 Å². The minimum atomic E-state index is -0.103. The molecule has 2 aromatic carbocycles. The van der Waals surface area contributed by atoms with E-state index in [4.69, 9.17) is 27.9 Å². The van der Waals surface area contributed by atoms with E-state index in [2.05, 4.69) is 28.2 Å². The molecule has 0 fully saturated rings. The zero-order valence-electron chi connectivity index (χ0n) is 12.0. The highest BCUT2D eigenvalue weighted by atomic mass is 79.9. The predicted molar refractivity (Wildman–Crippen MR) is 95.4 cm³/mol. The molecule has 2 rings (SSSR count). The number of ether oxygens (including phenoxy) is 1. The molecule has 0 unspecified atom stereocenters. The highest BCUT2D eigenvalue weighted by Crippen LogP contribution is 2.35. The maximum Gasteiger partial charge on any atom is 0.152 e. The number of hydrogen-bond acceptors (Lipinski definition) is 3. The fourth-order valence-corrected chi connectivity index (χ4v) is 2.88. The summed E-state index contributed by atoms with van der Waals surface area (Å²) in [4.78, 5) is 0. The third kappa shape index (κ3) is 4.45. The van der Waals surface area contributed by atoms with Gasteiger partial charge in [0.15, 0.2) is 5.75 Å². The van der Waals surface area contributed by atoms with Gasteiger partial charge >= 0.3 is 0 Å². The summed E-state index contributed by atoms with van der Waals surface area (Å²) in [6, 6.07) is 9.20. The second kappa shape index (κ2) is 7.95. The van der Waals surface area contributed by atoms with Crippen LogP contribution in [0.5, 0.6) is 11.5 Å². The lowest BCUT2D eigenvalue weighted by Gasteiger charge is -2.11. The van der Waals surface area contributed by atoms with Gasteiger partial charge in [-0.15, -0.1) is 0 Å². The van der Waals surface area contributed by atoms with Gasteiger partial charge in [-0.3, -0.25) is 0 Å². The van der Waals surface area contributed by atoms with E-state index in [0.29, 0.717) is 13.2 Å². The molecule has 0 aromatic heterocycles. The van der Waals surface area contributed by atoms with Crippen LogP contribution in [0, 0.1) is 0 Å². The Hall–Kier alpha value is -1.10. The lowest BCUT2D eigenvalue weighted by Crippen LogP contribution is -2.01. The minimum absolute atomic E-state index is 0.103. The van der Waals surface area contributed by atoms with Crippen LogP contribution in [0.2, 0.25) is 10.0 Å². The van der Waals surface area contributed by atoms with E-state index in [9.17, 15) is 5.11 Å². The third-order valence-corrected chi connectivity index (χ3v) is 4.17. The van der Waals surface area contributed by atoms with E-state index in [1.807, 2.05) is 18.2 Å². The number of phenolic OH excluding ortho intramolecular Hbond substituents is 1. The van der Waals surface area contributed by atoms with Crippen molar-refractivity contribution in [3.8, 4) is 11.5 Å². The summed E-state index contributed by atoms with van der Waals surface area (Å²) >= 11 is 15.3. The Morgan fingerprint density at radius 3 is 2.45 bits per heavy atom. The Kier molecular flexibility index (Phi) is 6.24. The van der Waals surface area contributed by atoms with E-state index >= 15 is 0 Å². The Balaban J connectivity index is 2.04. The first-order valence-corrected chi connectivity index (χ1v) is 8.39. The van der Waals surface area contributed by atoms with Gasteiger partial charge in [0.2, 0.25) is 0 Å². The van der Waals surface area contributed by atoms with E-state index in [0.717, 1.165) is 27.9 Å². The van der Waals surface area contributed by atoms with Crippen molar-refractivity contribution in [3.05, 3.63) is 50.4 Å². The molecule has 22 heavy (non-hydrogen) atoms. The summed E-state index contributed by atoms with van der Waals surface area (Å²) in [6.07, 6.45) is 0.970. The summed E-state index contributed by atoms with van der Waals surface area (Å²) in [7, 11) is 0. The zero-order valence-corrected chi connectivity index (χ0v) is 15.1. The molecule has 6 heteroatoms. The molecule has 0 bridgehead atoms. The molecule has 118 valence electrons. The molecular formula is C16H16BrCl2NO2. The molecule has 2 aromatic rings. The first-order valence-electron chi connectivity index (χ1n) is 6.84. The van der Waals surface area contributed by atoms with Crippen molar-refractivity contribution in [2.45, 2.75) is 19.9 Å². The van der Waals surface area contributed by atoms with Gasteiger partial charge in [-0.25, -0.2) is 0 Å². The zero-order chi connectivity index (χ0) is 16.1. The highest BCUT2D eigenvalue weighted by Gasteiger charge is 2.07. The van der Waals surface area contributed by atoms with Crippen LogP contribution in [0.1, 0.15) is 18.9 Å². The minimum Gasteiger partial charge on any atom is -0.505 e. The molecule has 0 aliphatic carbocycles. The van der Waals surface area contributed by atoms with Gasteiger partial charge in [0.05, 0.1) is 21.1 Å². The molecule has 0 aliphatic rings. The molecule has 0 heterocycles. The standard InChI is InChI=1S/C16H16BrCl2NO2/c1-2-5-22-15-4-3-10(6-12(15)17)9-20-11-7-13(18)16(21)14(19)8-11/h3-4,6-8,20-21H,2,5,9H2,1H3. The van der Waals surface area contributed by atoms with Crippen molar-refractivity contribution in [1.29, 1.82) is 0 Å². The van der Waals surface area contributed by atoms with Crippen LogP contribution in [0.4, 0.5) is 5.69 Å². The van der Waals surface area contributed by atoms with Crippen LogP contribution >= 0.6 is 39.1 Å². The van der Waals surface area contributed by atoms with Crippen LogP contribution in [0.15, 0.2) is 34.8 Å². The summed E-state index contributed by atoms with van der Waals surface area (Å²) < 4.78 is 6.54. The van der Waals surface area contributed by atoms with Crippen molar-refractivity contribution in [1.82, 2.24) is 0 Å². The maximum atomic E-state index is 9.54. The number of hydrogen-bond donors (Lipinski definition) is 2. The summed E-state index contributed by atoms with van der Waals surface area (Å²) in [6.45, 7) is 3.37. The van der Waals surface area contributed by atoms with Crippen LogP contribution in [0.3, 0.4) is 0 Å². The number of anilines is 1. The molecule has 3 nitrogen and oxygen atoms in total. The molecule has 0 aliphatic heterocycles. The second-order valence-electron chi connectivity index (χ2n) is 4.76. The molecular weight excluding hydrogens is 389 g/mol. The Bertz CT molecular complexity index is 642. The monoisotopic (exact) mass is 403 g/mol. The molecule has 2 N–H and O–H groups in total. The van der Waals surface area contributed by atoms with Gasteiger partial charge < -0.3 is 15.2 Å². The van der Waals surface area contributed by atoms with E-state index in [1.54, 1.807) is 12.1 Å². The molecule has 0 radical (unpaired) electrons. The highest BCUT2D eigenvalue weighted by molar-refractivity contribution is 9.10. The number of nitrogens with one attached hydrogen (secondary N) is 1. The number of phenols is 1. The number of benzene rings is 2. The molecule has 0 saturated carbocycles. The molecule has 0 atom stereocenters. The van der Waals surface area contributed by atoms with Crippen LogP contribution < -0.4 is 10.1 Å². The van der Waals surface area contributed by atoms with Crippen molar-refractivity contribution < 1.29 is 9.84 Å². The van der Waals surface area contributed by atoms with Gasteiger partial charge in [-0.2, -0.15) is 0 Å². The first-order chi connectivity index (χ1) is 10.5. The average molecular weight is 405 g/mol. The SMILES string of the molecule is CCCOc1ccc(CNc2cc(Cl)c(O)c(Cl)c2)cc1Br. The quantitative estimate of drug-likeness (QED) is 0.592. The lowest BCUT2D eigenvalue weighted by atomic mass is 10.2. The second-order valence-corrected chi connectivity index (χ2v) is 6.42. The normalized spacial score (nSPS) is 10.5. The van der Waals surface area contributed by atoms with Gasteiger partial charge in [0, 0.05) is 12.2 Å². The van der Waals surface area contributed by atoms with E-state index in [-0.39, 0.29) is 15.8 Å². The predicted octanol–water partition coefficient (Wildman–Crippen LogP) is 5.86.